The Morgan fingerprint density at radius 1 is 1.00 bits per heavy atom. The summed E-state index contributed by atoms with van der Waals surface area (Å²) in [4.78, 5) is 0. The summed E-state index contributed by atoms with van der Waals surface area (Å²) in [5.41, 5.74) is 0. The van der Waals surface area contributed by atoms with E-state index in [1.54, 1.807) is 0 Å². The van der Waals surface area contributed by atoms with Crippen LogP contribution >= 0.6 is 0 Å². The van der Waals surface area contributed by atoms with Crippen LogP contribution in [0.1, 0.15) is 6.42 Å². The molecule has 0 aromatic rings. The molecule has 0 amide bonds. The van der Waals surface area contributed by atoms with Crippen LogP contribution in [-0.4, -0.2) is 11.2 Å². The number of aliphatic hydroxyl groups excluding tert-OH is 1. The average Bonchev–Trinajstić information content (AvgIpc) is 2.21. The largest absolute Gasteiger partial charge is 0.388 e. The van der Waals surface area contributed by atoms with Crippen molar-refractivity contribution in [1.82, 2.24) is 0 Å². The van der Waals surface area contributed by atoms with E-state index in [0.29, 0.717) is 11.8 Å². The van der Waals surface area contributed by atoms with Crippen molar-refractivity contribution in [1.29, 1.82) is 0 Å². The fourth-order valence-corrected chi connectivity index (χ4v) is 1.68. The molecule has 58 valence electrons. The van der Waals surface area contributed by atoms with Crippen molar-refractivity contribution in [3.63, 3.8) is 0 Å². The highest BCUT2D eigenvalue weighted by Crippen LogP contribution is 2.27. The highest BCUT2D eigenvalue weighted by Gasteiger charge is 2.21. The van der Waals surface area contributed by atoms with Gasteiger partial charge in [0.1, 0.15) is 0 Å². The van der Waals surface area contributed by atoms with Gasteiger partial charge < -0.3 is 5.11 Å². The Morgan fingerprint density at radius 2 is 1.82 bits per heavy atom. The van der Waals surface area contributed by atoms with Crippen molar-refractivity contribution in [3.05, 3.63) is 36.5 Å². The van der Waals surface area contributed by atoms with E-state index < -0.39 is 0 Å². The van der Waals surface area contributed by atoms with E-state index in [-0.39, 0.29) is 6.10 Å². The summed E-state index contributed by atoms with van der Waals surface area (Å²) in [5, 5.41) is 9.48. The van der Waals surface area contributed by atoms with Gasteiger partial charge in [-0.2, -0.15) is 0 Å². The monoisotopic (exact) mass is 148 g/mol. The molecule has 2 bridgehead atoms. The minimum absolute atomic E-state index is 0.262. The minimum atomic E-state index is -0.262. The summed E-state index contributed by atoms with van der Waals surface area (Å²) >= 11 is 0. The number of hydrogen-bond donors (Lipinski definition) is 1. The lowest BCUT2D eigenvalue weighted by Gasteiger charge is -2.23. The first-order chi connectivity index (χ1) is 5.36. The maximum Gasteiger partial charge on any atom is 0.0784 e. The molecule has 0 spiro atoms. The molecule has 2 rings (SSSR count). The van der Waals surface area contributed by atoms with Crippen LogP contribution in [0.4, 0.5) is 0 Å². The Bertz CT molecular complexity index is 225. The molecule has 0 radical (unpaired) electrons. The van der Waals surface area contributed by atoms with Gasteiger partial charge in [0.25, 0.3) is 0 Å². The van der Waals surface area contributed by atoms with E-state index in [1.165, 1.54) is 0 Å². The first-order valence-electron chi connectivity index (χ1n) is 4.07. The van der Waals surface area contributed by atoms with Crippen molar-refractivity contribution < 1.29 is 5.11 Å². The smallest absolute Gasteiger partial charge is 0.0784 e. The number of rotatable bonds is 0. The fraction of sp³-hybridized carbons (Fsp3) is 0.400. The molecule has 2 aliphatic carbocycles. The Balaban J connectivity index is 2.27. The third kappa shape index (κ3) is 1.29. The summed E-state index contributed by atoms with van der Waals surface area (Å²) in [7, 11) is 0. The van der Waals surface area contributed by atoms with Gasteiger partial charge in [0.2, 0.25) is 0 Å². The lowest BCUT2D eigenvalue weighted by atomic mass is 9.86. The lowest BCUT2D eigenvalue weighted by Crippen LogP contribution is -2.21. The highest BCUT2D eigenvalue weighted by atomic mass is 16.3. The predicted molar refractivity (Wildman–Crippen MR) is 45.0 cm³/mol. The van der Waals surface area contributed by atoms with Crippen LogP contribution in [0.3, 0.4) is 0 Å². The first-order valence-corrected chi connectivity index (χ1v) is 4.07. The molecule has 1 heteroatoms. The zero-order valence-electron chi connectivity index (χ0n) is 6.35. The van der Waals surface area contributed by atoms with Gasteiger partial charge in [0.15, 0.2) is 0 Å². The van der Waals surface area contributed by atoms with Crippen LogP contribution in [0.2, 0.25) is 0 Å². The van der Waals surface area contributed by atoms with Crippen LogP contribution in [0.5, 0.6) is 0 Å². The second-order valence-electron chi connectivity index (χ2n) is 3.21. The molecule has 3 atom stereocenters. The molecule has 0 aromatic carbocycles. The number of hydrogen-bond acceptors (Lipinski definition) is 1. The fourth-order valence-electron chi connectivity index (χ4n) is 1.68. The van der Waals surface area contributed by atoms with Crippen LogP contribution in [0, 0.1) is 11.8 Å². The van der Waals surface area contributed by atoms with Gasteiger partial charge in [-0.05, 0) is 12.3 Å². The van der Waals surface area contributed by atoms with E-state index in [2.05, 4.69) is 24.3 Å². The van der Waals surface area contributed by atoms with Gasteiger partial charge in [-0.25, -0.2) is 0 Å². The number of fused-ring (bicyclic) bond motifs is 2. The van der Waals surface area contributed by atoms with E-state index in [1.807, 2.05) is 12.2 Å². The molecule has 0 heterocycles. The molecule has 2 aliphatic rings. The molecular weight excluding hydrogens is 136 g/mol. The molecule has 0 aliphatic heterocycles. The van der Waals surface area contributed by atoms with Crippen LogP contribution in [0.15, 0.2) is 36.5 Å². The van der Waals surface area contributed by atoms with E-state index >= 15 is 0 Å². The molecule has 0 fully saturated rings. The Hall–Kier alpha value is -0.820. The van der Waals surface area contributed by atoms with Gasteiger partial charge in [0, 0.05) is 5.92 Å². The quantitative estimate of drug-likeness (QED) is 0.518. The topological polar surface area (TPSA) is 20.2 Å². The first kappa shape index (κ1) is 6.86. The van der Waals surface area contributed by atoms with Gasteiger partial charge in [-0.15, -0.1) is 0 Å². The van der Waals surface area contributed by atoms with Gasteiger partial charge in [-0.1, -0.05) is 36.5 Å². The summed E-state index contributed by atoms with van der Waals surface area (Å²) < 4.78 is 0. The predicted octanol–water partition coefficient (Wildman–Crippen LogP) is 1.67. The van der Waals surface area contributed by atoms with E-state index in [4.69, 9.17) is 0 Å². The molecule has 1 nitrogen and oxygen atoms in total. The summed E-state index contributed by atoms with van der Waals surface area (Å²) in [6.07, 6.45) is 13.1. The van der Waals surface area contributed by atoms with Crippen molar-refractivity contribution in [3.8, 4) is 0 Å². The van der Waals surface area contributed by atoms with Crippen molar-refractivity contribution >= 4 is 0 Å². The van der Waals surface area contributed by atoms with Gasteiger partial charge in [-0.3, -0.25) is 0 Å². The second kappa shape index (κ2) is 2.67. The molecule has 1 N–H and O–H groups in total. The molecule has 0 unspecified atom stereocenters. The number of allylic oxidation sites excluding steroid dienone is 4. The van der Waals surface area contributed by atoms with Crippen molar-refractivity contribution in [2.45, 2.75) is 12.5 Å². The normalized spacial score (nSPS) is 40.6. The molecule has 0 saturated carbocycles. The molecule has 11 heavy (non-hydrogen) atoms. The second-order valence-corrected chi connectivity index (χ2v) is 3.21. The molecule has 0 aromatic heterocycles. The third-order valence-electron chi connectivity index (χ3n) is 2.37. The van der Waals surface area contributed by atoms with Crippen molar-refractivity contribution in [2.75, 3.05) is 0 Å². The lowest BCUT2D eigenvalue weighted by molar-refractivity contribution is 0.160. The van der Waals surface area contributed by atoms with Crippen molar-refractivity contribution in [2.24, 2.45) is 11.8 Å². The molecule has 0 saturated heterocycles. The van der Waals surface area contributed by atoms with Crippen LogP contribution in [0.25, 0.3) is 0 Å². The SMILES string of the molecule is O[C@H]1C=C[C@H]2C=CC=C[C@H]1C2. The van der Waals surface area contributed by atoms with Crippen LogP contribution < -0.4 is 0 Å². The van der Waals surface area contributed by atoms with Crippen LogP contribution in [-0.2, 0) is 0 Å². The Kier molecular flexibility index (Phi) is 1.66. The summed E-state index contributed by atoms with van der Waals surface area (Å²) in [5.74, 6) is 0.874. The Labute approximate surface area is 66.7 Å². The van der Waals surface area contributed by atoms with Gasteiger partial charge >= 0.3 is 0 Å². The highest BCUT2D eigenvalue weighted by molar-refractivity contribution is 5.19. The third-order valence-corrected chi connectivity index (χ3v) is 2.37. The Morgan fingerprint density at radius 3 is 2.73 bits per heavy atom. The maximum absolute atomic E-state index is 9.48. The zero-order valence-corrected chi connectivity index (χ0v) is 6.35. The average molecular weight is 148 g/mol. The maximum atomic E-state index is 9.48. The minimum Gasteiger partial charge on any atom is -0.388 e. The standard InChI is InChI=1S/C10H12O/c11-10-6-5-8-3-1-2-4-9(10)7-8/h1-6,8-11H,7H2/t8-,9+,10+/m1/s1. The summed E-state index contributed by atoms with van der Waals surface area (Å²) in [6.45, 7) is 0. The zero-order chi connectivity index (χ0) is 7.68. The van der Waals surface area contributed by atoms with E-state index in [9.17, 15) is 5.11 Å². The number of aliphatic hydroxyl groups is 1. The van der Waals surface area contributed by atoms with E-state index in [0.717, 1.165) is 6.42 Å². The van der Waals surface area contributed by atoms with Gasteiger partial charge in [0.05, 0.1) is 6.10 Å². The molecular formula is C10H12O. The summed E-state index contributed by atoms with van der Waals surface area (Å²) in [6, 6.07) is 0.